The molecule has 2 aromatic carbocycles. The highest BCUT2D eigenvalue weighted by atomic mass is 32.2. The van der Waals surface area contributed by atoms with Crippen LogP contribution in [0.25, 0.3) is 11.1 Å². The topological polar surface area (TPSA) is 37.4 Å². The average Bonchev–Trinajstić information content (AvgIpc) is 3.39. The smallest absolute Gasteiger partial charge is 0.207 e. The Balaban J connectivity index is 1.85. The van der Waals surface area contributed by atoms with Gasteiger partial charge in [0.15, 0.2) is 0 Å². The van der Waals surface area contributed by atoms with Gasteiger partial charge in [-0.25, -0.2) is 8.42 Å². The van der Waals surface area contributed by atoms with Crippen LogP contribution in [-0.4, -0.2) is 25.8 Å². The molecular weight excluding hydrogens is 294 g/mol. The van der Waals surface area contributed by atoms with Crippen molar-refractivity contribution in [2.24, 2.45) is 5.92 Å². The Morgan fingerprint density at radius 1 is 0.955 bits per heavy atom. The fourth-order valence-corrected chi connectivity index (χ4v) is 4.13. The molecule has 0 saturated heterocycles. The molecule has 0 N–H and O–H groups in total. The highest BCUT2D eigenvalue weighted by molar-refractivity contribution is 7.89. The zero-order valence-electron chi connectivity index (χ0n) is 12.9. The summed E-state index contributed by atoms with van der Waals surface area (Å²) in [6, 6.07) is 17.2. The molecule has 4 heteroatoms. The molecule has 1 saturated carbocycles. The van der Waals surface area contributed by atoms with E-state index < -0.39 is 10.0 Å². The van der Waals surface area contributed by atoms with E-state index in [1.807, 2.05) is 49.4 Å². The molecule has 22 heavy (non-hydrogen) atoms. The fraction of sp³-hybridized carbons (Fsp3) is 0.333. The van der Waals surface area contributed by atoms with Gasteiger partial charge in [0, 0.05) is 13.1 Å². The van der Waals surface area contributed by atoms with Crippen LogP contribution in [0.15, 0.2) is 59.5 Å². The SMILES string of the molecule is CC(C1CC1)N(C)S(=O)(=O)c1ccc(-c2ccccc2)cc1. The number of rotatable bonds is 5. The Bertz CT molecular complexity index is 734. The molecule has 0 radical (unpaired) electrons. The predicted molar refractivity (Wildman–Crippen MR) is 89.0 cm³/mol. The van der Waals surface area contributed by atoms with E-state index in [0.717, 1.165) is 24.0 Å². The minimum Gasteiger partial charge on any atom is -0.207 e. The van der Waals surface area contributed by atoms with E-state index in [1.54, 1.807) is 19.2 Å². The van der Waals surface area contributed by atoms with E-state index >= 15 is 0 Å². The lowest BCUT2D eigenvalue weighted by Gasteiger charge is -2.24. The Kier molecular flexibility index (Phi) is 4.06. The minimum atomic E-state index is -3.41. The quantitative estimate of drug-likeness (QED) is 0.842. The summed E-state index contributed by atoms with van der Waals surface area (Å²) in [5.41, 5.74) is 2.11. The van der Waals surface area contributed by atoms with E-state index in [-0.39, 0.29) is 6.04 Å². The first kappa shape index (κ1) is 15.3. The number of nitrogens with zero attached hydrogens (tertiary/aromatic N) is 1. The first-order chi connectivity index (χ1) is 10.5. The number of hydrogen-bond acceptors (Lipinski definition) is 2. The van der Waals surface area contributed by atoms with Gasteiger partial charge in [-0.1, -0.05) is 42.5 Å². The third-order valence-electron chi connectivity index (χ3n) is 4.52. The Morgan fingerprint density at radius 3 is 2.05 bits per heavy atom. The molecule has 1 aliphatic rings. The van der Waals surface area contributed by atoms with Crippen LogP contribution in [0.1, 0.15) is 19.8 Å². The molecule has 0 amide bonds. The second-order valence-corrected chi connectivity index (χ2v) is 7.99. The van der Waals surface area contributed by atoms with Gasteiger partial charge in [0.1, 0.15) is 0 Å². The highest BCUT2D eigenvalue weighted by Gasteiger charge is 2.35. The molecule has 116 valence electrons. The molecule has 0 heterocycles. The molecule has 1 atom stereocenters. The lowest BCUT2D eigenvalue weighted by atomic mass is 10.1. The van der Waals surface area contributed by atoms with Crippen molar-refractivity contribution in [3.05, 3.63) is 54.6 Å². The molecule has 1 aliphatic carbocycles. The summed E-state index contributed by atoms with van der Waals surface area (Å²) in [4.78, 5) is 0.363. The number of benzene rings is 2. The van der Waals surface area contributed by atoms with Crippen LogP contribution in [0.3, 0.4) is 0 Å². The first-order valence-electron chi connectivity index (χ1n) is 7.63. The van der Waals surface area contributed by atoms with Gasteiger partial charge in [0.2, 0.25) is 10.0 Å². The van der Waals surface area contributed by atoms with Crippen molar-refractivity contribution in [1.82, 2.24) is 4.31 Å². The summed E-state index contributed by atoms with van der Waals surface area (Å²) >= 11 is 0. The van der Waals surface area contributed by atoms with Crippen molar-refractivity contribution in [3.8, 4) is 11.1 Å². The second kappa shape index (κ2) is 5.86. The van der Waals surface area contributed by atoms with Crippen molar-refractivity contribution < 1.29 is 8.42 Å². The fourth-order valence-electron chi connectivity index (χ4n) is 2.71. The van der Waals surface area contributed by atoms with E-state index in [9.17, 15) is 8.42 Å². The summed E-state index contributed by atoms with van der Waals surface area (Å²) < 4.78 is 26.9. The summed E-state index contributed by atoms with van der Waals surface area (Å²) in [5, 5.41) is 0. The van der Waals surface area contributed by atoms with Gasteiger partial charge < -0.3 is 0 Å². The predicted octanol–water partition coefficient (Wildman–Crippen LogP) is 3.77. The molecule has 0 spiro atoms. The van der Waals surface area contributed by atoms with Crippen molar-refractivity contribution >= 4 is 10.0 Å². The van der Waals surface area contributed by atoms with Crippen LogP contribution in [0.5, 0.6) is 0 Å². The maximum atomic E-state index is 12.7. The van der Waals surface area contributed by atoms with Crippen molar-refractivity contribution in [2.45, 2.75) is 30.7 Å². The normalized spacial score (nSPS) is 16.7. The van der Waals surface area contributed by atoms with Gasteiger partial charge in [-0.3, -0.25) is 0 Å². The monoisotopic (exact) mass is 315 g/mol. The van der Waals surface area contributed by atoms with Crippen LogP contribution in [0.2, 0.25) is 0 Å². The van der Waals surface area contributed by atoms with Crippen molar-refractivity contribution in [1.29, 1.82) is 0 Å². The van der Waals surface area contributed by atoms with Gasteiger partial charge >= 0.3 is 0 Å². The van der Waals surface area contributed by atoms with E-state index in [1.165, 1.54) is 4.31 Å². The maximum Gasteiger partial charge on any atom is 0.243 e. The standard InChI is InChI=1S/C18H21NO2S/c1-14(15-8-9-15)19(2)22(20,21)18-12-10-17(11-13-18)16-6-4-3-5-7-16/h3-7,10-15H,8-9H2,1-2H3. The Hall–Kier alpha value is -1.65. The van der Waals surface area contributed by atoms with Crippen LogP contribution >= 0.6 is 0 Å². The van der Waals surface area contributed by atoms with Crippen LogP contribution in [-0.2, 0) is 10.0 Å². The van der Waals surface area contributed by atoms with Gasteiger partial charge in [-0.05, 0) is 48.9 Å². The largest absolute Gasteiger partial charge is 0.243 e. The summed E-state index contributed by atoms with van der Waals surface area (Å²) in [6.07, 6.45) is 2.27. The average molecular weight is 315 g/mol. The molecule has 0 bridgehead atoms. The lowest BCUT2D eigenvalue weighted by molar-refractivity contribution is 0.357. The molecule has 0 aliphatic heterocycles. The second-order valence-electron chi connectivity index (χ2n) is 5.99. The van der Waals surface area contributed by atoms with Gasteiger partial charge in [0.25, 0.3) is 0 Å². The third-order valence-corrected chi connectivity index (χ3v) is 6.47. The lowest BCUT2D eigenvalue weighted by Crippen LogP contribution is -2.36. The van der Waals surface area contributed by atoms with Gasteiger partial charge in [-0.15, -0.1) is 0 Å². The van der Waals surface area contributed by atoms with E-state index in [2.05, 4.69) is 0 Å². The van der Waals surface area contributed by atoms with Crippen molar-refractivity contribution in [2.75, 3.05) is 7.05 Å². The summed E-state index contributed by atoms with van der Waals surface area (Å²) in [5.74, 6) is 0.517. The molecule has 3 nitrogen and oxygen atoms in total. The van der Waals surface area contributed by atoms with Crippen LogP contribution < -0.4 is 0 Å². The molecule has 3 rings (SSSR count). The molecule has 1 unspecified atom stereocenters. The Labute approximate surface area is 132 Å². The van der Waals surface area contributed by atoms with Crippen LogP contribution in [0.4, 0.5) is 0 Å². The van der Waals surface area contributed by atoms with E-state index in [4.69, 9.17) is 0 Å². The van der Waals surface area contributed by atoms with Gasteiger partial charge in [-0.2, -0.15) is 4.31 Å². The zero-order valence-corrected chi connectivity index (χ0v) is 13.8. The van der Waals surface area contributed by atoms with E-state index in [0.29, 0.717) is 10.8 Å². The van der Waals surface area contributed by atoms with Gasteiger partial charge in [0.05, 0.1) is 4.90 Å². The summed E-state index contributed by atoms with van der Waals surface area (Å²) in [6.45, 7) is 1.99. The highest BCUT2D eigenvalue weighted by Crippen LogP contribution is 2.36. The number of hydrogen-bond donors (Lipinski definition) is 0. The molecule has 0 aromatic heterocycles. The van der Waals surface area contributed by atoms with Crippen molar-refractivity contribution in [3.63, 3.8) is 0 Å². The number of sulfonamides is 1. The van der Waals surface area contributed by atoms with Crippen LogP contribution in [0, 0.1) is 5.92 Å². The Morgan fingerprint density at radius 2 is 1.50 bits per heavy atom. The summed E-state index contributed by atoms with van der Waals surface area (Å²) in [7, 11) is -1.72. The first-order valence-corrected chi connectivity index (χ1v) is 9.07. The molecular formula is C18H21NO2S. The molecule has 2 aromatic rings. The minimum absolute atomic E-state index is 0.0683. The maximum absolute atomic E-state index is 12.7. The third kappa shape index (κ3) is 2.94. The molecule has 1 fully saturated rings. The zero-order chi connectivity index (χ0) is 15.7.